The summed E-state index contributed by atoms with van der Waals surface area (Å²) < 4.78 is 8.85. The van der Waals surface area contributed by atoms with Gasteiger partial charge in [0.15, 0.2) is 0 Å². The summed E-state index contributed by atoms with van der Waals surface area (Å²) in [5, 5.41) is 0. The monoisotopic (exact) mass is 130 g/mol. The van der Waals surface area contributed by atoms with Crippen molar-refractivity contribution in [2.45, 2.75) is 12.5 Å². The van der Waals surface area contributed by atoms with Crippen molar-refractivity contribution in [2.24, 2.45) is 0 Å². The van der Waals surface area contributed by atoms with Crippen LogP contribution in [0.5, 0.6) is 0 Å². The smallest absolute Gasteiger partial charge is 0.310 e. The van der Waals surface area contributed by atoms with Gasteiger partial charge in [0.05, 0.1) is 6.42 Å². The summed E-state index contributed by atoms with van der Waals surface area (Å²) in [4.78, 5) is 19.7. The highest BCUT2D eigenvalue weighted by atomic mass is 16.6. The van der Waals surface area contributed by atoms with Crippen LogP contribution in [0.2, 0.25) is 0 Å². The normalized spacial score (nSPS) is 24.0. The molecular formula is C5H6O4. The van der Waals surface area contributed by atoms with E-state index >= 15 is 0 Å². The van der Waals surface area contributed by atoms with Crippen LogP contribution in [-0.4, -0.2) is 25.2 Å². The Kier molecular flexibility index (Phi) is 1.67. The minimum atomic E-state index is -0.227. The van der Waals surface area contributed by atoms with Crippen LogP contribution < -0.4 is 0 Å². The molecule has 1 aliphatic heterocycles. The molecular weight excluding hydrogens is 124 g/mol. The number of rotatable bonds is 3. The lowest BCUT2D eigenvalue weighted by Gasteiger charge is -2.23. The third kappa shape index (κ3) is 1.42. The van der Waals surface area contributed by atoms with Crippen molar-refractivity contribution >= 4 is 12.4 Å². The van der Waals surface area contributed by atoms with Gasteiger partial charge in [-0.05, 0) is 0 Å². The van der Waals surface area contributed by atoms with Crippen molar-refractivity contribution in [1.29, 1.82) is 0 Å². The average molecular weight is 130 g/mol. The highest BCUT2D eigenvalue weighted by molar-refractivity contribution is 5.75. The molecule has 1 atom stereocenters. The zero-order valence-electron chi connectivity index (χ0n) is 4.70. The highest BCUT2D eigenvalue weighted by Crippen LogP contribution is 2.12. The summed E-state index contributed by atoms with van der Waals surface area (Å²) in [7, 11) is 0. The van der Waals surface area contributed by atoms with E-state index in [2.05, 4.69) is 9.47 Å². The van der Waals surface area contributed by atoms with E-state index in [0.29, 0.717) is 12.9 Å². The van der Waals surface area contributed by atoms with E-state index < -0.39 is 0 Å². The molecule has 1 saturated heterocycles. The Balaban J connectivity index is 2.03. The quantitative estimate of drug-likeness (QED) is 0.381. The summed E-state index contributed by atoms with van der Waals surface area (Å²) in [6, 6.07) is 0. The SMILES string of the molecule is O=COC[C@H]1CC(=O)O1. The molecule has 0 aromatic carbocycles. The second-order valence-electron chi connectivity index (χ2n) is 1.75. The Morgan fingerprint density at radius 3 is 3.00 bits per heavy atom. The molecule has 1 fully saturated rings. The van der Waals surface area contributed by atoms with E-state index in [1.807, 2.05) is 0 Å². The number of cyclic esters (lactones) is 1. The number of esters is 1. The van der Waals surface area contributed by atoms with Gasteiger partial charge in [0.2, 0.25) is 0 Å². The van der Waals surface area contributed by atoms with Crippen molar-refractivity contribution in [3.8, 4) is 0 Å². The van der Waals surface area contributed by atoms with Crippen molar-refractivity contribution < 1.29 is 19.1 Å². The largest absolute Gasteiger partial charge is 0.464 e. The average Bonchev–Trinajstić information content (AvgIpc) is 1.78. The Labute approximate surface area is 51.7 Å². The molecule has 0 bridgehead atoms. The molecule has 9 heavy (non-hydrogen) atoms. The first-order chi connectivity index (χ1) is 4.33. The van der Waals surface area contributed by atoms with E-state index in [-0.39, 0.29) is 18.7 Å². The maximum absolute atomic E-state index is 10.1. The number of hydrogen-bond acceptors (Lipinski definition) is 4. The fourth-order valence-electron chi connectivity index (χ4n) is 0.602. The fourth-order valence-corrected chi connectivity index (χ4v) is 0.602. The Morgan fingerprint density at radius 2 is 2.56 bits per heavy atom. The number of carbonyl (C=O) groups is 2. The molecule has 50 valence electrons. The van der Waals surface area contributed by atoms with Crippen molar-refractivity contribution in [3.63, 3.8) is 0 Å². The molecule has 0 unspecified atom stereocenters. The molecule has 4 nitrogen and oxygen atoms in total. The van der Waals surface area contributed by atoms with E-state index in [1.165, 1.54) is 0 Å². The maximum atomic E-state index is 10.1. The second kappa shape index (κ2) is 2.48. The third-order valence-corrected chi connectivity index (χ3v) is 1.04. The van der Waals surface area contributed by atoms with Crippen LogP contribution in [-0.2, 0) is 19.1 Å². The highest BCUT2D eigenvalue weighted by Gasteiger charge is 2.28. The topological polar surface area (TPSA) is 52.6 Å². The minimum absolute atomic E-state index is 0.190. The summed E-state index contributed by atoms with van der Waals surface area (Å²) in [6.07, 6.45) is 0.177. The summed E-state index contributed by atoms with van der Waals surface area (Å²) >= 11 is 0. The van der Waals surface area contributed by atoms with Gasteiger partial charge in [-0.15, -0.1) is 0 Å². The Morgan fingerprint density at radius 1 is 1.89 bits per heavy atom. The predicted octanol–water partition coefficient (Wildman–Crippen LogP) is -0.525. The van der Waals surface area contributed by atoms with Gasteiger partial charge in [0.25, 0.3) is 6.47 Å². The van der Waals surface area contributed by atoms with Gasteiger partial charge in [0, 0.05) is 0 Å². The van der Waals surface area contributed by atoms with Gasteiger partial charge in [0.1, 0.15) is 12.7 Å². The molecule has 1 heterocycles. The zero-order chi connectivity index (χ0) is 6.69. The lowest BCUT2D eigenvalue weighted by Crippen LogP contribution is -2.36. The van der Waals surface area contributed by atoms with Crippen LogP contribution in [0.4, 0.5) is 0 Å². The molecule has 0 radical (unpaired) electrons. The van der Waals surface area contributed by atoms with Gasteiger partial charge in [-0.25, -0.2) is 0 Å². The maximum Gasteiger partial charge on any atom is 0.310 e. The van der Waals surface area contributed by atoms with Gasteiger partial charge in [-0.1, -0.05) is 0 Å². The zero-order valence-corrected chi connectivity index (χ0v) is 4.70. The van der Waals surface area contributed by atoms with Crippen molar-refractivity contribution in [2.75, 3.05) is 6.61 Å². The number of hydrogen-bond donors (Lipinski definition) is 0. The van der Waals surface area contributed by atoms with Crippen molar-refractivity contribution in [1.82, 2.24) is 0 Å². The molecule has 0 aromatic rings. The summed E-state index contributed by atoms with van der Waals surface area (Å²) in [5.74, 6) is -0.227. The van der Waals surface area contributed by atoms with Crippen LogP contribution in [0.1, 0.15) is 6.42 Å². The molecule has 0 N–H and O–H groups in total. The third-order valence-electron chi connectivity index (χ3n) is 1.04. The van der Waals surface area contributed by atoms with Gasteiger partial charge < -0.3 is 9.47 Å². The number of ether oxygens (including phenoxy) is 2. The van der Waals surface area contributed by atoms with E-state index in [9.17, 15) is 9.59 Å². The number of carbonyl (C=O) groups excluding carboxylic acids is 2. The molecule has 1 rings (SSSR count). The van der Waals surface area contributed by atoms with Gasteiger partial charge in [-0.3, -0.25) is 9.59 Å². The lowest BCUT2D eigenvalue weighted by molar-refractivity contribution is -0.175. The Hall–Kier alpha value is -1.06. The molecule has 4 heteroatoms. The fraction of sp³-hybridized carbons (Fsp3) is 0.600. The molecule has 0 amide bonds. The Bertz CT molecular complexity index is 123. The second-order valence-corrected chi connectivity index (χ2v) is 1.75. The van der Waals surface area contributed by atoms with Crippen LogP contribution in [0.3, 0.4) is 0 Å². The van der Waals surface area contributed by atoms with Crippen LogP contribution in [0.15, 0.2) is 0 Å². The predicted molar refractivity (Wildman–Crippen MR) is 26.5 cm³/mol. The minimum Gasteiger partial charge on any atom is -0.464 e. The van der Waals surface area contributed by atoms with Gasteiger partial charge >= 0.3 is 5.97 Å². The standard InChI is InChI=1S/C5H6O4/c6-3-8-2-4-1-5(7)9-4/h3-4H,1-2H2/t4-/m1/s1. The van der Waals surface area contributed by atoms with Gasteiger partial charge in [-0.2, -0.15) is 0 Å². The summed E-state index contributed by atoms with van der Waals surface area (Å²) in [5.41, 5.74) is 0. The van der Waals surface area contributed by atoms with Crippen molar-refractivity contribution in [3.05, 3.63) is 0 Å². The molecule has 0 aromatic heterocycles. The summed E-state index contributed by atoms with van der Waals surface area (Å²) in [6.45, 7) is 0.529. The van der Waals surface area contributed by atoms with Crippen LogP contribution >= 0.6 is 0 Å². The first-order valence-electron chi connectivity index (χ1n) is 2.57. The molecule has 0 aliphatic carbocycles. The first-order valence-corrected chi connectivity index (χ1v) is 2.57. The first kappa shape index (κ1) is 6.07. The molecule has 1 aliphatic rings. The molecule has 0 saturated carbocycles. The van der Waals surface area contributed by atoms with Crippen LogP contribution in [0.25, 0.3) is 0 Å². The van der Waals surface area contributed by atoms with E-state index in [4.69, 9.17) is 0 Å². The van der Waals surface area contributed by atoms with Crippen LogP contribution in [0, 0.1) is 0 Å². The van der Waals surface area contributed by atoms with E-state index in [0.717, 1.165) is 0 Å². The molecule has 0 spiro atoms. The lowest BCUT2D eigenvalue weighted by atomic mass is 10.2. The van der Waals surface area contributed by atoms with E-state index in [1.54, 1.807) is 0 Å².